The summed E-state index contributed by atoms with van der Waals surface area (Å²) in [6, 6.07) is 8.20. The second-order valence-electron chi connectivity index (χ2n) is 7.66. The van der Waals surface area contributed by atoms with Crippen molar-refractivity contribution in [1.82, 2.24) is 20.1 Å². The summed E-state index contributed by atoms with van der Waals surface area (Å²) < 4.78 is 2.71. The molecule has 0 fully saturated rings. The quantitative estimate of drug-likeness (QED) is 0.307. The lowest BCUT2D eigenvalue weighted by Crippen LogP contribution is -2.28. The maximum absolute atomic E-state index is 12.6. The van der Waals surface area contributed by atoms with Gasteiger partial charge in [0.15, 0.2) is 11.0 Å². The number of aryl methyl sites for hydroxylation is 2. The molecule has 0 spiro atoms. The smallest absolute Gasteiger partial charge is 0.251 e. The third-order valence-corrected chi connectivity index (χ3v) is 7.53. The van der Waals surface area contributed by atoms with E-state index in [0.717, 1.165) is 21.3 Å². The predicted octanol–water partition coefficient (Wildman–Crippen LogP) is 6.21. The molecule has 0 aliphatic heterocycles. The number of thioether (sulfide) groups is 1. The number of anilines is 1. The Morgan fingerprint density at radius 3 is 2.50 bits per heavy atom. The van der Waals surface area contributed by atoms with Crippen LogP contribution in [-0.4, -0.2) is 32.3 Å². The van der Waals surface area contributed by atoms with Gasteiger partial charge in [-0.25, -0.2) is 0 Å². The fourth-order valence-corrected chi connectivity index (χ4v) is 4.86. The van der Waals surface area contributed by atoms with Crippen molar-refractivity contribution in [2.45, 2.75) is 45.4 Å². The molecule has 0 aliphatic carbocycles. The van der Waals surface area contributed by atoms with Crippen LogP contribution in [0.3, 0.4) is 0 Å². The first-order valence-corrected chi connectivity index (χ1v) is 13.0. The van der Waals surface area contributed by atoms with Gasteiger partial charge in [-0.1, -0.05) is 35.0 Å². The summed E-state index contributed by atoms with van der Waals surface area (Å²) in [6.45, 7) is 8.38. The highest BCUT2D eigenvalue weighted by Gasteiger charge is 2.21. The van der Waals surface area contributed by atoms with Gasteiger partial charge in [-0.15, -0.1) is 10.2 Å². The number of aromatic nitrogens is 3. The molecule has 180 valence electrons. The van der Waals surface area contributed by atoms with Gasteiger partial charge in [0.2, 0.25) is 5.91 Å². The Morgan fingerprint density at radius 1 is 1.12 bits per heavy atom. The fourth-order valence-electron chi connectivity index (χ4n) is 3.20. The Morgan fingerprint density at radius 2 is 1.82 bits per heavy atom. The van der Waals surface area contributed by atoms with Gasteiger partial charge < -0.3 is 15.2 Å². The van der Waals surface area contributed by atoms with Crippen molar-refractivity contribution < 1.29 is 9.59 Å². The van der Waals surface area contributed by atoms with E-state index in [0.29, 0.717) is 33.1 Å². The van der Waals surface area contributed by atoms with Gasteiger partial charge in [-0.05, 0) is 85.1 Å². The predicted molar refractivity (Wildman–Crippen MR) is 141 cm³/mol. The van der Waals surface area contributed by atoms with Crippen molar-refractivity contribution in [3.05, 3.63) is 67.4 Å². The van der Waals surface area contributed by atoms with Crippen LogP contribution >= 0.6 is 50.9 Å². The van der Waals surface area contributed by atoms with Crippen molar-refractivity contribution in [2.75, 3.05) is 11.1 Å². The SMILES string of the molecule is CCn1c(SCC(=O)Nc2cc(C)c(C)cc2Br)nnc1[C@H](C)NC(=O)c1ccc(Cl)c(Cl)c1. The van der Waals surface area contributed by atoms with E-state index < -0.39 is 6.04 Å². The molecule has 0 unspecified atom stereocenters. The number of halogens is 3. The Balaban J connectivity index is 1.65. The van der Waals surface area contributed by atoms with Crippen molar-refractivity contribution >= 4 is 68.4 Å². The molecule has 34 heavy (non-hydrogen) atoms. The van der Waals surface area contributed by atoms with Crippen LogP contribution in [0.1, 0.15) is 47.2 Å². The first-order valence-electron chi connectivity index (χ1n) is 10.5. The van der Waals surface area contributed by atoms with Gasteiger partial charge in [-0.3, -0.25) is 9.59 Å². The number of benzene rings is 2. The summed E-state index contributed by atoms with van der Waals surface area (Å²) in [5, 5.41) is 15.6. The average molecular weight is 585 g/mol. The lowest BCUT2D eigenvalue weighted by molar-refractivity contribution is -0.113. The first-order chi connectivity index (χ1) is 16.1. The van der Waals surface area contributed by atoms with E-state index in [-0.39, 0.29) is 17.6 Å². The average Bonchev–Trinajstić information content (AvgIpc) is 3.21. The van der Waals surface area contributed by atoms with Gasteiger partial charge in [0, 0.05) is 16.6 Å². The van der Waals surface area contributed by atoms with Crippen molar-refractivity contribution in [2.24, 2.45) is 0 Å². The number of nitrogens with one attached hydrogen (secondary N) is 2. The highest BCUT2D eigenvalue weighted by Crippen LogP contribution is 2.27. The van der Waals surface area contributed by atoms with E-state index in [1.165, 1.54) is 17.8 Å². The molecule has 1 aromatic heterocycles. The summed E-state index contributed by atoms with van der Waals surface area (Å²) in [7, 11) is 0. The minimum absolute atomic E-state index is 0.151. The molecule has 1 atom stereocenters. The number of carbonyl (C=O) groups is 2. The van der Waals surface area contributed by atoms with Crippen LogP contribution in [0.2, 0.25) is 10.0 Å². The van der Waals surface area contributed by atoms with E-state index in [1.54, 1.807) is 12.1 Å². The Bertz CT molecular complexity index is 1230. The molecule has 3 aromatic rings. The summed E-state index contributed by atoms with van der Waals surface area (Å²) >= 11 is 16.7. The lowest BCUT2D eigenvalue weighted by Gasteiger charge is -2.15. The summed E-state index contributed by atoms with van der Waals surface area (Å²) in [6.07, 6.45) is 0. The van der Waals surface area contributed by atoms with E-state index in [4.69, 9.17) is 23.2 Å². The van der Waals surface area contributed by atoms with Crippen LogP contribution in [0.15, 0.2) is 40.0 Å². The van der Waals surface area contributed by atoms with Crippen LogP contribution in [-0.2, 0) is 11.3 Å². The standard InChI is InChI=1S/C23H24BrCl2N5O2S/c1-5-31-21(14(4)27-22(33)15-6-7-17(25)18(26)10-15)29-30-23(31)34-11-20(32)28-19-9-13(3)12(2)8-16(19)24/h6-10,14H,5,11H2,1-4H3,(H,27,33)(H,28,32)/t14-/m0/s1. The Labute approximate surface area is 221 Å². The molecule has 11 heteroatoms. The third kappa shape index (κ3) is 6.33. The van der Waals surface area contributed by atoms with Crippen molar-refractivity contribution in [3.63, 3.8) is 0 Å². The van der Waals surface area contributed by atoms with Gasteiger partial charge in [0.1, 0.15) is 0 Å². The van der Waals surface area contributed by atoms with Gasteiger partial charge in [0.05, 0.1) is 27.5 Å². The summed E-state index contributed by atoms with van der Waals surface area (Å²) in [4.78, 5) is 25.2. The molecule has 3 rings (SSSR count). The number of carbonyl (C=O) groups excluding carboxylic acids is 2. The van der Waals surface area contributed by atoms with E-state index in [1.807, 2.05) is 44.4 Å². The maximum Gasteiger partial charge on any atom is 0.251 e. The van der Waals surface area contributed by atoms with E-state index in [9.17, 15) is 9.59 Å². The molecule has 0 radical (unpaired) electrons. The van der Waals surface area contributed by atoms with E-state index in [2.05, 4.69) is 36.8 Å². The second-order valence-corrected chi connectivity index (χ2v) is 10.3. The summed E-state index contributed by atoms with van der Waals surface area (Å²) in [5.41, 5.74) is 3.36. The van der Waals surface area contributed by atoms with Crippen LogP contribution in [0, 0.1) is 13.8 Å². The minimum atomic E-state index is -0.413. The summed E-state index contributed by atoms with van der Waals surface area (Å²) in [5.74, 6) is 0.309. The molecular formula is C23H24BrCl2N5O2S. The highest BCUT2D eigenvalue weighted by atomic mass is 79.9. The number of rotatable bonds is 8. The van der Waals surface area contributed by atoms with E-state index >= 15 is 0 Å². The lowest BCUT2D eigenvalue weighted by atomic mass is 10.1. The zero-order valence-electron chi connectivity index (χ0n) is 19.1. The Hall–Kier alpha value is -2.07. The number of nitrogens with zero attached hydrogens (tertiary/aromatic N) is 3. The molecule has 1 heterocycles. The molecule has 0 bridgehead atoms. The molecule has 0 saturated carbocycles. The zero-order valence-corrected chi connectivity index (χ0v) is 23.0. The van der Waals surface area contributed by atoms with Crippen molar-refractivity contribution in [3.8, 4) is 0 Å². The second kappa shape index (κ2) is 11.6. The fraction of sp³-hybridized carbons (Fsp3) is 0.304. The van der Waals surface area contributed by atoms with Crippen LogP contribution in [0.5, 0.6) is 0 Å². The van der Waals surface area contributed by atoms with Crippen molar-refractivity contribution in [1.29, 1.82) is 0 Å². The van der Waals surface area contributed by atoms with Gasteiger partial charge in [-0.2, -0.15) is 0 Å². The first kappa shape index (κ1) is 26.5. The van der Waals surface area contributed by atoms with Crippen LogP contribution < -0.4 is 10.6 Å². The zero-order chi connectivity index (χ0) is 25.0. The molecule has 0 aliphatic rings. The monoisotopic (exact) mass is 583 g/mol. The highest BCUT2D eigenvalue weighted by molar-refractivity contribution is 9.10. The molecule has 2 aromatic carbocycles. The molecule has 2 N–H and O–H groups in total. The van der Waals surface area contributed by atoms with Crippen LogP contribution in [0.25, 0.3) is 0 Å². The third-order valence-electron chi connectivity index (χ3n) is 5.17. The molecule has 0 saturated heterocycles. The topological polar surface area (TPSA) is 88.9 Å². The largest absolute Gasteiger partial charge is 0.342 e. The molecule has 2 amide bonds. The number of amides is 2. The van der Waals surface area contributed by atoms with Crippen LogP contribution in [0.4, 0.5) is 5.69 Å². The number of hydrogen-bond donors (Lipinski definition) is 2. The van der Waals surface area contributed by atoms with Gasteiger partial charge >= 0.3 is 0 Å². The molecular weight excluding hydrogens is 561 g/mol. The minimum Gasteiger partial charge on any atom is -0.342 e. The van der Waals surface area contributed by atoms with Gasteiger partial charge in [0.25, 0.3) is 5.91 Å². The maximum atomic E-state index is 12.6. The molecule has 7 nitrogen and oxygen atoms in total. The Kier molecular flexibility index (Phi) is 9.03. The normalized spacial score (nSPS) is 11.9. The number of hydrogen-bond acceptors (Lipinski definition) is 5.